The molecule has 0 aromatic rings. The van der Waals surface area contributed by atoms with Gasteiger partial charge in [0.05, 0.1) is 5.41 Å². The number of carbonyl (C=O) groups excluding carboxylic acids is 1. The smallest absolute Gasteiger partial charge is 0.227 e. The molecule has 6 aliphatic carbocycles. The number of nitrogens with zero attached hydrogens (tertiary/aromatic N) is 1. The topological polar surface area (TPSA) is 32.3 Å². The highest BCUT2D eigenvalue weighted by Gasteiger charge is 2.78. The molecule has 0 spiro atoms. The van der Waals surface area contributed by atoms with Gasteiger partial charge in [0.25, 0.3) is 0 Å². The lowest BCUT2D eigenvalue weighted by molar-refractivity contribution is -0.161. The SMILES string of the molecule is C=C(C)C1(C)C2C3CCC4C5CCCCC5CCC4C3CCC2(C(=O)N[C@@H]2CC[C@H](CN3CCCC(C)C3)C2)C(C)(C)C1(C)C. The Hall–Kier alpha value is -0.830. The number of nitrogens with one attached hydrogen (secondary N) is 1. The monoisotopic (exact) mass is 619 g/mol. The van der Waals surface area contributed by atoms with Crippen molar-refractivity contribution in [2.24, 2.45) is 74.9 Å². The third-order valence-electron chi connectivity index (χ3n) is 17.7. The van der Waals surface area contributed by atoms with Crippen LogP contribution in [0.15, 0.2) is 12.2 Å². The molecule has 3 nitrogen and oxygen atoms in total. The maximum atomic E-state index is 15.3. The van der Waals surface area contributed by atoms with E-state index in [0.29, 0.717) is 23.8 Å². The number of hydrogen-bond donors (Lipinski definition) is 1. The van der Waals surface area contributed by atoms with Gasteiger partial charge in [0.2, 0.25) is 5.91 Å². The summed E-state index contributed by atoms with van der Waals surface area (Å²) >= 11 is 0. The molecule has 10 unspecified atom stereocenters. The van der Waals surface area contributed by atoms with E-state index in [1.807, 2.05) is 0 Å². The first kappa shape index (κ1) is 32.7. The maximum Gasteiger partial charge on any atom is 0.227 e. The number of amides is 1. The lowest BCUT2D eigenvalue weighted by Gasteiger charge is -2.61. The first-order valence-electron chi connectivity index (χ1n) is 20.0. The number of fused-ring (bicyclic) bond motifs is 7. The van der Waals surface area contributed by atoms with E-state index in [4.69, 9.17) is 6.58 Å². The molecule has 6 saturated carbocycles. The van der Waals surface area contributed by atoms with Crippen LogP contribution in [0.1, 0.15) is 145 Å². The molecule has 45 heavy (non-hydrogen) atoms. The highest BCUT2D eigenvalue weighted by Crippen LogP contribution is 2.81. The summed E-state index contributed by atoms with van der Waals surface area (Å²) in [6, 6.07) is 0.352. The fraction of sp³-hybridized carbons (Fsp3) is 0.929. The van der Waals surface area contributed by atoms with Gasteiger partial charge >= 0.3 is 0 Å². The van der Waals surface area contributed by atoms with E-state index >= 15 is 4.79 Å². The van der Waals surface area contributed by atoms with Crippen molar-refractivity contribution in [3.05, 3.63) is 12.2 Å². The third-order valence-corrected chi connectivity index (χ3v) is 17.7. The average molecular weight is 619 g/mol. The average Bonchev–Trinajstić information content (AvgIpc) is 3.49. The molecule has 3 heteroatoms. The highest BCUT2D eigenvalue weighted by atomic mass is 16.2. The molecule has 1 heterocycles. The third kappa shape index (κ3) is 4.75. The normalized spacial score (nSPS) is 48.9. The Bertz CT molecular complexity index is 1140. The minimum absolute atomic E-state index is 0.0101. The van der Waals surface area contributed by atoms with Crippen LogP contribution in [-0.2, 0) is 4.79 Å². The Kier molecular flexibility index (Phi) is 8.47. The molecule has 0 aromatic heterocycles. The fourth-order valence-electron chi connectivity index (χ4n) is 14.8. The second kappa shape index (κ2) is 11.7. The first-order chi connectivity index (χ1) is 21.3. The lowest BCUT2D eigenvalue weighted by atomic mass is 9.43. The van der Waals surface area contributed by atoms with E-state index < -0.39 is 0 Å². The summed E-state index contributed by atoms with van der Waals surface area (Å²) in [6.07, 6.45) is 20.4. The van der Waals surface area contributed by atoms with Crippen molar-refractivity contribution in [2.75, 3.05) is 19.6 Å². The number of carbonyl (C=O) groups is 1. The molecule has 1 saturated heterocycles. The van der Waals surface area contributed by atoms with E-state index in [1.54, 1.807) is 0 Å². The van der Waals surface area contributed by atoms with Crippen molar-refractivity contribution in [1.82, 2.24) is 10.2 Å². The van der Waals surface area contributed by atoms with Crippen molar-refractivity contribution in [3.8, 4) is 0 Å². The molecule has 7 fully saturated rings. The first-order valence-corrected chi connectivity index (χ1v) is 20.0. The summed E-state index contributed by atoms with van der Waals surface area (Å²) in [4.78, 5) is 18.0. The summed E-state index contributed by atoms with van der Waals surface area (Å²) in [5.41, 5.74) is 0.850. The molecule has 1 aliphatic heterocycles. The van der Waals surface area contributed by atoms with Gasteiger partial charge in [0.15, 0.2) is 0 Å². The Morgan fingerprint density at radius 2 is 1.47 bits per heavy atom. The number of allylic oxidation sites excluding steroid dienone is 1. The molecule has 0 aromatic carbocycles. The summed E-state index contributed by atoms with van der Waals surface area (Å²) < 4.78 is 0. The number of piperidine rings is 1. The standard InChI is InChI=1S/C42H70N2O/c1-27(2)41(8)37-36-20-19-33-32-14-10-9-13-30(32)16-18-34(33)35(36)21-22-42(37,40(6,7)39(41,4)5)38(45)43-31-17-15-29(24-31)26-44-23-11-12-28(3)25-44/h28-37H,1,9-26H2,2-8H3,(H,43,45)/t28?,29-,30?,31+,32?,33?,34?,35?,36?,37?,41?,42?/m0/s1. The highest BCUT2D eigenvalue weighted by molar-refractivity contribution is 5.86. The van der Waals surface area contributed by atoms with Crippen LogP contribution in [0.2, 0.25) is 0 Å². The van der Waals surface area contributed by atoms with Gasteiger partial charge in [0.1, 0.15) is 0 Å². The van der Waals surface area contributed by atoms with Crippen LogP contribution in [0, 0.1) is 74.9 Å². The zero-order valence-corrected chi connectivity index (χ0v) is 30.6. The molecule has 1 amide bonds. The van der Waals surface area contributed by atoms with Gasteiger partial charge in [-0.25, -0.2) is 0 Å². The van der Waals surface area contributed by atoms with Gasteiger partial charge in [-0.05, 0) is 160 Å². The largest absolute Gasteiger partial charge is 0.353 e. The van der Waals surface area contributed by atoms with Crippen molar-refractivity contribution >= 4 is 5.91 Å². The summed E-state index contributed by atoms with van der Waals surface area (Å²) in [5, 5.41) is 3.86. The Morgan fingerprint density at radius 1 is 0.778 bits per heavy atom. The molecule has 254 valence electrons. The van der Waals surface area contributed by atoms with Crippen LogP contribution >= 0.6 is 0 Å². The van der Waals surface area contributed by atoms with Crippen molar-refractivity contribution in [1.29, 1.82) is 0 Å². The molecule has 7 aliphatic rings. The molecule has 0 bridgehead atoms. The Balaban J connectivity index is 1.16. The van der Waals surface area contributed by atoms with Gasteiger partial charge in [-0.3, -0.25) is 4.79 Å². The van der Waals surface area contributed by atoms with Crippen molar-refractivity contribution in [2.45, 2.75) is 151 Å². The van der Waals surface area contributed by atoms with Crippen LogP contribution in [0.5, 0.6) is 0 Å². The maximum absolute atomic E-state index is 15.3. The van der Waals surface area contributed by atoms with Crippen LogP contribution in [-0.4, -0.2) is 36.5 Å². The molecule has 7 rings (SSSR count). The minimum atomic E-state index is -0.319. The second-order valence-corrected chi connectivity index (χ2v) is 19.6. The second-order valence-electron chi connectivity index (χ2n) is 19.6. The van der Waals surface area contributed by atoms with Gasteiger partial charge in [-0.2, -0.15) is 0 Å². The van der Waals surface area contributed by atoms with E-state index in [9.17, 15) is 0 Å². The van der Waals surface area contributed by atoms with Crippen molar-refractivity contribution in [3.63, 3.8) is 0 Å². The van der Waals surface area contributed by atoms with Crippen LogP contribution < -0.4 is 5.32 Å². The van der Waals surface area contributed by atoms with Crippen LogP contribution in [0.25, 0.3) is 0 Å². The number of likely N-dealkylation sites (tertiary alicyclic amines) is 1. The zero-order chi connectivity index (χ0) is 31.9. The Labute approximate surface area is 277 Å². The number of hydrogen-bond acceptors (Lipinski definition) is 2. The molecular weight excluding hydrogens is 548 g/mol. The number of rotatable bonds is 5. The minimum Gasteiger partial charge on any atom is -0.353 e. The quantitative estimate of drug-likeness (QED) is 0.311. The van der Waals surface area contributed by atoms with Gasteiger partial charge in [-0.1, -0.05) is 73.0 Å². The molecule has 1 N–H and O–H groups in total. The summed E-state index contributed by atoms with van der Waals surface area (Å²) in [7, 11) is 0. The van der Waals surface area contributed by atoms with E-state index in [1.165, 1.54) is 115 Å². The van der Waals surface area contributed by atoms with Gasteiger partial charge in [0, 0.05) is 19.1 Å². The fourth-order valence-corrected chi connectivity index (χ4v) is 14.8. The predicted molar refractivity (Wildman–Crippen MR) is 188 cm³/mol. The van der Waals surface area contributed by atoms with E-state index in [-0.39, 0.29) is 21.7 Å². The predicted octanol–water partition coefficient (Wildman–Crippen LogP) is 9.91. The lowest BCUT2D eigenvalue weighted by Crippen LogP contribution is -2.61. The summed E-state index contributed by atoms with van der Waals surface area (Å²) in [5.74, 6) is 7.75. The Morgan fingerprint density at radius 3 is 2.22 bits per heavy atom. The zero-order valence-electron chi connectivity index (χ0n) is 30.6. The molecule has 0 radical (unpaired) electrons. The van der Waals surface area contributed by atoms with E-state index in [0.717, 1.165) is 47.8 Å². The molecular formula is C42H70N2O. The van der Waals surface area contributed by atoms with Crippen molar-refractivity contribution < 1.29 is 4.79 Å². The summed E-state index contributed by atoms with van der Waals surface area (Å²) in [6.45, 7) is 25.9. The van der Waals surface area contributed by atoms with Crippen LogP contribution in [0.4, 0.5) is 0 Å². The van der Waals surface area contributed by atoms with Gasteiger partial charge < -0.3 is 10.2 Å². The van der Waals surface area contributed by atoms with Crippen LogP contribution in [0.3, 0.4) is 0 Å². The van der Waals surface area contributed by atoms with E-state index in [2.05, 4.69) is 58.7 Å². The van der Waals surface area contributed by atoms with Gasteiger partial charge in [-0.15, -0.1) is 0 Å². The molecule has 12 atom stereocenters.